The second-order valence-corrected chi connectivity index (χ2v) is 15.7. The van der Waals surface area contributed by atoms with Gasteiger partial charge in [-0.2, -0.15) is 19.8 Å². The summed E-state index contributed by atoms with van der Waals surface area (Å²) in [7, 11) is 3.01. The van der Waals surface area contributed by atoms with E-state index in [4.69, 9.17) is 20.4 Å². The fraction of sp³-hybridized carbons (Fsp3) is 0.111. The van der Waals surface area contributed by atoms with Gasteiger partial charge in [0.25, 0.3) is 0 Å². The highest BCUT2D eigenvalue weighted by molar-refractivity contribution is 9.11. The number of benzene rings is 4. The van der Waals surface area contributed by atoms with Crippen molar-refractivity contribution in [3.05, 3.63) is 141 Å². The second-order valence-electron chi connectivity index (χ2n) is 11.9. The predicted molar refractivity (Wildman–Crippen MR) is 208 cm³/mol. The largest absolute Gasteiger partial charge is 0.224 e. The van der Waals surface area contributed by atoms with Crippen molar-refractivity contribution in [3.8, 4) is 34.2 Å². The van der Waals surface area contributed by atoms with Gasteiger partial charge < -0.3 is 0 Å². The van der Waals surface area contributed by atoms with Gasteiger partial charge in [0.1, 0.15) is 10.1 Å². The molecule has 0 aliphatic carbocycles. The molecular weight excluding hydrogens is 824 g/mol. The number of para-hydroxylation sites is 2. The molecule has 0 bridgehead atoms. The molecule has 16 heteroatoms. The third kappa shape index (κ3) is 7.24. The van der Waals surface area contributed by atoms with Crippen LogP contribution < -0.4 is 0 Å². The topological polar surface area (TPSA) is 123 Å². The Labute approximate surface area is 323 Å². The summed E-state index contributed by atoms with van der Waals surface area (Å²) in [5.41, 5.74) is 7.74. The molecule has 0 saturated heterocycles. The Morgan fingerprint density at radius 1 is 0.558 bits per heavy atom. The monoisotopic (exact) mass is 850 g/mol. The van der Waals surface area contributed by atoms with E-state index in [-0.39, 0.29) is 0 Å². The highest BCUT2D eigenvalue weighted by Gasteiger charge is 2.25. The van der Waals surface area contributed by atoms with Crippen LogP contribution in [0.25, 0.3) is 34.2 Å². The van der Waals surface area contributed by atoms with Gasteiger partial charge in [0.05, 0.1) is 48.0 Å². The van der Waals surface area contributed by atoms with E-state index in [0.717, 1.165) is 52.6 Å². The maximum absolute atomic E-state index is 4.82. The van der Waals surface area contributed by atoms with Crippen LogP contribution in [0.4, 0.5) is 0 Å². The van der Waals surface area contributed by atoms with Crippen LogP contribution in [0.15, 0.2) is 128 Å². The zero-order valence-electron chi connectivity index (χ0n) is 27.7. The summed E-state index contributed by atoms with van der Waals surface area (Å²) in [6.45, 7) is 5.13. The summed E-state index contributed by atoms with van der Waals surface area (Å²) in [6, 6.07) is 32.4. The van der Waals surface area contributed by atoms with E-state index in [2.05, 4.69) is 103 Å². The van der Waals surface area contributed by atoms with Crippen molar-refractivity contribution in [2.24, 2.45) is 0 Å². The highest BCUT2D eigenvalue weighted by Crippen LogP contribution is 2.46. The second kappa shape index (κ2) is 15.0. The lowest BCUT2D eigenvalue weighted by atomic mass is 10.1. The summed E-state index contributed by atoms with van der Waals surface area (Å²) < 4.78 is 5.54. The molecule has 8 rings (SSSR count). The van der Waals surface area contributed by atoms with Crippen LogP contribution in [0, 0.1) is 13.8 Å². The third-order valence-corrected chi connectivity index (χ3v) is 11.7. The Balaban J connectivity index is 1.17. The lowest BCUT2D eigenvalue weighted by Gasteiger charge is -2.12. The number of tetrazole rings is 2. The van der Waals surface area contributed by atoms with Gasteiger partial charge >= 0.3 is 0 Å². The molecule has 52 heavy (non-hydrogen) atoms. The molecule has 12 nitrogen and oxygen atoms in total. The van der Waals surface area contributed by atoms with Crippen LogP contribution in [0.5, 0.6) is 0 Å². The van der Waals surface area contributed by atoms with Crippen LogP contribution in [0.3, 0.4) is 0 Å². The standard InChI is InChI=1S/C36H28Br2N12S2/c1-23-9-7-11-25(17-23)21-47-43-33(41-45-47)27-19-39-49(31-15-5-3-13-29(31)37)35(27)51-52-36-28(20-40-50(36)32-16-6-4-14-30(32)38)34-42-46-48(44-34)22-26-12-8-10-24(2)18-26/h3-20H,21-22H2,1-2H3. The maximum atomic E-state index is 4.82. The molecule has 0 atom stereocenters. The third-order valence-electron chi connectivity index (χ3n) is 8.01. The van der Waals surface area contributed by atoms with Crippen molar-refractivity contribution in [2.75, 3.05) is 0 Å². The minimum absolute atomic E-state index is 0.467. The first-order valence-electron chi connectivity index (χ1n) is 16.1. The number of aromatic nitrogens is 12. The van der Waals surface area contributed by atoms with Crippen molar-refractivity contribution in [2.45, 2.75) is 37.0 Å². The Morgan fingerprint density at radius 3 is 1.42 bits per heavy atom. The normalized spacial score (nSPS) is 11.4. The molecule has 0 unspecified atom stereocenters. The number of halogens is 2. The number of nitrogens with zero attached hydrogens (tertiary/aromatic N) is 12. The van der Waals surface area contributed by atoms with E-state index in [0.29, 0.717) is 24.7 Å². The minimum Gasteiger partial charge on any atom is -0.224 e. The lowest BCUT2D eigenvalue weighted by molar-refractivity contribution is 0.572. The number of rotatable bonds is 11. The fourth-order valence-electron chi connectivity index (χ4n) is 5.59. The van der Waals surface area contributed by atoms with Crippen molar-refractivity contribution in [3.63, 3.8) is 0 Å². The molecule has 4 heterocycles. The molecular formula is C36H28Br2N12S2. The van der Waals surface area contributed by atoms with Crippen LogP contribution >= 0.6 is 53.4 Å². The van der Waals surface area contributed by atoms with Crippen molar-refractivity contribution in [1.29, 1.82) is 0 Å². The van der Waals surface area contributed by atoms with Gasteiger partial charge in [-0.15, -0.1) is 20.4 Å². The molecule has 4 aromatic heterocycles. The quantitative estimate of drug-likeness (QED) is 0.117. The Bertz CT molecular complexity index is 2350. The summed E-state index contributed by atoms with van der Waals surface area (Å²) >= 11 is 7.44. The van der Waals surface area contributed by atoms with E-state index in [1.165, 1.54) is 32.7 Å². The summed E-state index contributed by atoms with van der Waals surface area (Å²) in [6.07, 6.45) is 3.56. The van der Waals surface area contributed by atoms with Crippen LogP contribution in [0.2, 0.25) is 0 Å². The van der Waals surface area contributed by atoms with Gasteiger partial charge in [-0.3, -0.25) is 0 Å². The Morgan fingerprint density at radius 2 is 1.00 bits per heavy atom. The Kier molecular flexibility index (Phi) is 9.86. The van der Waals surface area contributed by atoms with Gasteiger partial charge in [-0.25, -0.2) is 9.36 Å². The first-order chi connectivity index (χ1) is 25.4. The van der Waals surface area contributed by atoms with Crippen LogP contribution in [0.1, 0.15) is 22.3 Å². The van der Waals surface area contributed by atoms with Gasteiger partial charge in [0, 0.05) is 8.95 Å². The zero-order chi connectivity index (χ0) is 35.6. The smallest absolute Gasteiger partial charge is 0.209 e. The highest BCUT2D eigenvalue weighted by atomic mass is 79.9. The average Bonchev–Trinajstić information content (AvgIpc) is 3.95. The van der Waals surface area contributed by atoms with E-state index in [1.807, 2.05) is 70.0 Å². The number of hydrogen-bond donors (Lipinski definition) is 0. The summed E-state index contributed by atoms with van der Waals surface area (Å²) in [5.74, 6) is 0.934. The summed E-state index contributed by atoms with van der Waals surface area (Å²) in [5, 5.41) is 38.5. The van der Waals surface area contributed by atoms with Crippen molar-refractivity contribution in [1.82, 2.24) is 60.0 Å². The van der Waals surface area contributed by atoms with Crippen molar-refractivity contribution < 1.29 is 0 Å². The molecule has 0 aliphatic rings. The molecule has 258 valence electrons. The molecule has 8 aromatic rings. The first-order valence-corrected chi connectivity index (χ1v) is 19.8. The molecule has 0 radical (unpaired) electrons. The molecule has 0 spiro atoms. The maximum Gasteiger partial charge on any atom is 0.209 e. The molecule has 0 N–H and O–H groups in total. The molecule has 4 aromatic carbocycles. The predicted octanol–water partition coefficient (Wildman–Crippen LogP) is 8.40. The van der Waals surface area contributed by atoms with E-state index in [1.54, 1.807) is 22.0 Å². The molecule has 0 saturated carbocycles. The minimum atomic E-state index is 0.467. The van der Waals surface area contributed by atoms with E-state index < -0.39 is 0 Å². The van der Waals surface area contributed by atoms with E-state index in [9.17, 15) is 0 Å². The van der Waals surface area contributed by atoms with Crippen molar-refractivity contribution >= 4 is 53.4 Å². The van der Waals surface area contributed by atoms with Gasteiger partial charge in [-0.1, -0.05) is 83.9 Å². The van der Waals surface area contributed by atoms with Gasteiger partial charge in [-0.05, 0) is 113 Å². The summed E-state index contributed by atoms with van der Waals surface area (Å²) in [4.78, 5) is 3.21. The number of aryl methyl sites for hydroxylation is 2. The lowest BCUT2D eigenvalue weighted by Crippen LogP contribution is -2.04. The fourth-order valence-corrected chi connectivity index (χ4v) is 8.99. The Hall–Kier alpha value is -4.90. The van der Waals surface area contributed by atoms with Gasteiger partial charge in [0.2, 0.25) is 11.6 Å². The molecule has 0 amide bonds. The van der Waals surface area contributed by atoms with Crippen LogP contribution in [-0.4, -0.2) is 60.0 Å². The van der Waals surface area contributed by atoms with Crippen LogP contribution in [-0.2, 0) is 13.1 Å². The van der Waals surface area contributed by atoms with Gasteiger partial charge in [0.15, 0.2) is 0 Å². The SMILES string of the molecule is Cc1cccc(Cn2nnc(-c3cnn(-c4ccccc4Br)c3SSc3c(-c4nnn(Cc5cccc(C)c5)n4)cnn3-c3ccccc3Br)n2)c1. The molecule has 0 aliphatic heterocycles. The number of hydrogen-bond acceptors (Lipinski definition) is 10. The average molecular weight is 853 g/mol. The molecule has 0 fully saturated rings. The first kappa shape index (κ1) is 34.2. The zero-order valence-corrected chi connectivity index (χ0v) is 32.6. The van der Waals surface area contributed by atoms with E-state index >= 15 is 0 Å².